The van der Waals surface area contributed by atoms with Crippen LogP contribution in [-0.4, -0.2) is 30.9 Å². The lowest BCUT2D eigenvalue weighted by Gasteiger charge is -2.67. The smallest absolute Gasteiger partial charge is 0.224 e. The minimum absolute atomic E-state index is 0.130. The summed E-state index contributed by atoms with van der Waals surface area (Å²) in [5, 5.41) is 0. The third-order valence-electron chi connectivity index (χ3n) is 4.05. The van der Waals surface area contributed by atoms with Gasteiger partial charge in [0, 0.05) is 18.3 Å². The van der Waals surface area contributed by atoms with Gasteiger partial charge in [0.2, 0.25) is 5.91 Å². The lowest BCUT2D eigenvalue weighted by atomic mass is 9.35. The Bertz CT molecular complexity index is 341. The minimum Gasteiger partial charge on any atom is -0.369 e. The summed E-state index contributed by atoms with van der Waals surface area (Å²) >= 11 is 0. The summed E-state index contributed by atoms with van der Waals surface area (Å²) in [6, 6.07) is 0.208. The molecular formula is C10H13N3O. The van der Waals surface area contributed by atoms with Gasteiger partial charge in [0.25, 0.3) is 0 Å². The maximum atomic E-state index is 11.3. The SMILES string of the molecule is NC(=O)C12CC(C1)C2C1CN=CC=N1. The largest absolute Gasteiger partial charge is 0.369 e. The van der Waals surface area contributed by atoms with Crippen molar-refractivity contribution in [2.45, 2.75) is 18.9 Å². The van der Waals surface area contributed by atoms with Crippen molar-refractivity contribution < 1.29 is 4.79 Å². The van der Waals surface area contributed by atoms with Crippen molar-refractivity contribution >= 4 is 18.3 Å². The molecule has 4 nitrogen and oxygen atoms in total. The van der Waals surface area contributed by atoms with E-state index in [4.69, 9.17) is 5.73 Å². The number of carbonyl (C=O) groups is 1. The Morgan fingerprint density at radius 3 is 2.64 bits per heavy atom. The molecule has 4 rings (SSSR count). The predicted molar refractivity (Wildman–Crippen MR) is 53.5 cm³/mol. The first kappa shape index (κ1) is 8.15. The van der Waals surface area contributed by atoms with E-state index in [9.17, 15) is 4.79 Å². The number of nitrogens with zero attached hydrogens (tertiary/aromatic N) is 2. The Balaban J connectivity index is 1.79. The summed E-state index contributed by atoms with van der Waals surface area (Å²) in [5.74, 6) is 0.932. The average Bonchev–Trinajstić information content (AvgIpc) is 2.00. The van der Waals surface area contributed by atoms with Crippen molar-refractivity contribution in [1.29, 1.82) is 0 Å². The number of primary amides is 1. The van der Waals surface area contributed by atoms with E-state index in [0.717, 1.165) is 19.4 Å². The Morgan fingerprint density at radius 1 is 1.43 bits per heavy atom. The molecule has 0 aromatic carbocycles. The predicted octanol–water partition coefficient (Wildman–Crippen LogP) is 0.0217. The summed E-state index contributed by atoms with van der Waals surface area (Å²) in [6.07, 6.45) is 5.43. The van der Waals surface area contributed by atoms with Crippen LogP contribution in [0.3, 0.4) is 0 Å². The van der Waals surface area contributed by atoms with Gasteiger partial charge in [0.15, 0.2) is 0 Å². The van der Waals surface area contributed by atoms with Crippen LogP contribution in [0.1, 0.15) is 12.8 Å². The highest BCUT2D eigenvalue weighted by atomic mass is 16.1. The number of hydrogen-bond acceptors (Lipinski definition) is 3. The summed E-state index contributed by atoms with van der Waals surface area (Å²) in [5.41, 5.74) is 5.23. The maximum Gasteiger partial charge on any atom is 0.224 e. The van der Waals surface area contributed by atoms with Crippen LogP contribution in [0, 0.1) is 17.3 Å². The van der Waals surface area contributed by atoms with E-state index in [2.05, 4.69) is 9.98 Å². The molecule has 1 heterocycles. The Kier molecular flexibility index (Phi) is 1.42. The van der Waals surface area contributed by atoms with Crippen molar-refractivity contribution in [3.05, 3.63) is 0 Å². The van der Waals surface area contributed by atoms with Crippen molar-refractivity contribution in [3.8, 4) is 0 Å². The molecule has 3 saturated carbocycles. The molecule has 0 aromatic heterocycles. The highest BCUT2D eigenvalue weighted by molar-refractivity contribution is 6.16. The summed E-state index contributed by atoms with van der Waals surface area (Å²) in [4.78, 5) is 19.9. The van der Waals surface area contributed by atoms with Crippen molar-refractivity contribution in [2.75, 3.05) is 6.54 Å². The number of nitrogens with two attached hydrogens (primary N) is 1. The van der Waals surface area contributed by atoms with E-state index in [1.807, 2.05) is 0 Å². The van der Waals surface area contributed by atoms with Crippen LogP contribution in [-0.2, 0) is 4.79 Å². The minimum atomic E-state index is -0.209. The highest BCUT2D eigenvalue weighted by Crippen LogP contribution is 2.70. The first-order chi connectivity index (χ1) is 6.74. The lowest BCUT2D eigenvalue weighted by Crippen LogP contribution is -2.70. The van der Waals surface area contributed by atoms with E-state index in [0.29, 0.717) is 11.8 Å². The zero-order valence-electron chi connectivity index (χ0n) is 7.89. The fourth-order valence-electron chi connectivity index (χ4n) is 3.20. The van der Waals surface area contributed by atoms with Gasteiger partial charge < -0.3 is 5.73 Å². The summed E-state index contributed by atoms with van der Waals surface area (Å²) in [6.45, 7) is 0.729. The number of carbonyl (C=O) groups excluding carboxylic acids is 1. The highest BCUT2D eigenvalue weighted by Gasteiger charge is 2.70. The second-order valence-corrected chi connectivity index (χ2v) is 4.59. The van der Waals surface area contributed by atoms with E-state index in [-0.39, 0.29) is 17.4 Å². The van der Waals surface area contributed by atoms with Gasteiger partial charge in [-0.15, -0.1) is 0 Å². The lowest BCUT2D eigenvalue weighted by molar-refractivity contribution is -0.201. The number of rotatable bonds is 2. The fourth-order valence-corrected chi connectivity index (χ4v) is 3.20. The maximum absolute atomic E-state index is 11.3. The third-order valence-corrected chi connectivity index (χ3v) is 4.05. The number of hydrogen-bond donors (Lipinski definition) is 1. The Hall–Kier alpha value is -1.19. The van der Waals surface area contributed by atoms with Crippen LogP contribution in [0.15, 0.2) is 9.98 Å². The molecule has 74 valence electrons. The second-order valence-electron chi connectivity index (χ2n) is 4.59. The van der Waals surface area contributed by atoms with Crippen molar-refractivity contribution in [1.82, 2.24) is 0 Å². The molecule has 3 aliphatic carbocycles. The Labute approximate surface area is 82.3 Å². The first-order valence-electron chi connectivity index (χ1n) is 5.05. The van der Waals surface area contributed by atoms with Gasteiger partial charge >= 0.3 is 0 Å². The van der Waals surface area contributed by atoms with E-state index in [1.54, 1.807) is 12.4 Å². The molecule has 4 aliphatic rings. The number of amides is 1. The van der Waals surface area contributed by atoms with Crippen molar-refractivity contribution in [3.63, 3.8) is 0 Å². The van der Waals surface area contributed by atoms with Gasteiger partial charge in [-0.05, 0) is 18.8 Å². The Morgan fingerprint density at radius 2 is 2.21 bits per heavy atom. The third kappa shape index (κ3) is 0.768. The molecule has 14 heavy (non-hydrogen) atoms. The average molecular weight is 191 g/mol. The molecular weight excluding hydrogens is 178 g/mol. The molecule has 0 saturated heterocycles. The second kappa shape index (κ2) is 2.43. The zero-order valence-corrected chi connectivity index (χ0v) is 7.89. The van der Waals surface area contributed by atoms with Crippen LogP contribution in [0.2, 0.25) is 0 Å². The molecule has 2 unspecified atom stereocenters. The van der Waals surface area contributed by atoms with Crippen LogP contribution in [0.25, 0.3) is 0 Å². The van der Waals surface area contributed by atoms with E-state index in [1.165, 1.54) is 0 Å². The van der Waals surface area contributed by atoms with Gasteiger partial charge in [-0.2, -0.15) is 0 Å². The molecule has 0 aromatic rings. The molecule has 2 bridgehead atoms. The van der Waals surface area contributed by atoms with Gasteiger partial charge in [0.1, 0.15) is 0 Å². The van der Waals surface area contributed by atoms with Crippen LogP contribution < -0.4 is 5.73 Å². The first-order valence-corrected chi connectivity index (χ1v) is 5.05. The summed E-state index contributed by atoms with van der Waals surface area (Å²) in [7, 11) is 0. The quantitative estimate of drug-likeness (QED) is 0.657. The fraction of sp³-hybridized carbons (Fsp3) is 0.700. The molecule has 3 fully saturated rings. The molecule has 2 N–H and O–H groups in total. The van der Waals surface area contributed by atoms with Gasteiger partial charge in [-0.3, -0.25) is 14.8 Å². The number of aliphatic imine (C=N–C) groups is 2. The standard InChI is InChI=1S/C10H13N3O/c11-9(14)10-3-6(4-10)8(10)7-5-12-1-2-13-7/h1-2,6-8H,3-5H2,(H2,11,14). The topological polar surface area (TPSA) is 67.8 Å². The molecule has 4 heteroatoms. The molecule has 1 amide bonds. The molecule has 2 atom stereocenters. The normalized spacial score (nSPS) is 48.1. The van der Waals surface area contributed by atoms with E-state index >= 15 is 0 Å². The monoisotopic (exact) mass is 191 g/mol. The van der Waals surface area contributed by atoms with Gasteiger partial charge in [0.05, 0.1) is 18.0 Å². The van der Waals surface area contributed by atoms with Gasteiger partial charge in [-0.25, -0.2) is 0 Å². The molecule has 0 radical (unpaired) electrons. The van der Waals surface area contributed by atoms with Crippen LogP contribution in [0.4, 0.5) is 0 Å². The van der Waals surface area contributed by atoms with Crippen LogP contribution >= 0.6 is 0 Å². The van der Waals surface area contributed by atoms with Crippen LogP contribution in [0.5, 0.6) is 0 Å². The summed E-state index contributed by atoms with van der Waals surface area (Å²) < 4.78 is 0. The zero-order chi connectivity index (χ0) is 9.76. The van der Waals surface area contributed by atoms with Crippen molar-refractivity contribution in [2.24, 2.45) is 33.0 Å². The van der Waals surface area contributed by atoms with Gasteiger partial charge in [-0.1, -0.05) is 0 Å². The molecule has 1 aliphatic heterocycles. The van der Waals surface area contributed by atoms with E-state index < -0.39 is 0 Å². The molecule has 0 spiro atoms.